The highest BCUT2D eigenvalue weighted by atomic mass is 19.1. The predicted molar refractivity (Wildman–Crippen MR) is 82.8 cm³/mol. The van der Waals surface area contributed by atoms with Crippen molar-refractivity contribution in [3.63, 3.8) is 0 Å². The van der Waals surface area contributed by atoms with Gasteiger partial charge in [-0.1, -0.05) is 0 Å². The van der Waals surface area contributed by atoms with Gasteiger partial charge in [0, 0.05) is 18.8 Å². The Morgan fingerprint density at radius 2 is 2.04 bits per heavy atom. The zero-order chi connectivity index (χ0) is 16.1. The molecular formula is C16H17FN4O2. The molecule has 1 aromatic heterocycles. The van der Waals surface area contributed by atoms with Crippen molar-refractivity contribution in [3.8, 4) is 11.6 Å². The average Bonchev–Trinajstić information content (AvgIpc) is 2.75. The van der Waals surface area contributed by atoms with Crippen molar-refractivity contribution in [1.82, 2.24) is 15.3 Å². The topological polar surface area (TPSA) is 76.1 Å². The van der Waals surface area contributed by atoms with E-state index in [1.54, 1.807) is 12.3 Å². The lowest BCUT2D eigenvalue weighted by Crippen LogP contribution is -2.38. The molecule has 1 aromatic carbocycles. The first kappa shape index (κ1) is 15.2. The lowest BCUT2D eigenvalue weighted by atomic mass is 10.1. The normalized spacial score (nSPS) is 18.0. The molecule has 0 bridgehead atoms. The van der Waals surface area contributed by atoms with Crippen molar-refractivity contribution in [1.29, 1.82) is 0 Å². The van der Waals surface area contributed by atoms with Gasteiger partial charge in [0.05, 0.1) is 0 Å². The van der Waals surface area contributed by atoms with Crippen LogP contribution in [0.4, 0.5) is 10.3 Å². The number of hydrogen-bond donors (Lipinski definition) is 2. The summed E-state index contributed by atoms with van der Waals surface area (Å²) in [7, 11) is 0. The predicted octanol–water partition coefficient (Wildman–Crippen LogP) is 2.49. The zero-order valence-corrected chi connectivity index (χ0v) is 12.5. The van der Waals surface area contributed by atoms with E-state index in [4.69, 9.17) is 4.74 Å². The molecule has 0 aliphatic carbocycles. The van der Waals surface area contributed by atoms with Gasteiger partial charge < -0.3 is 15.4 Å². The number of halogens is 1. The summed E-state index contributed by atoms with van der Waals surface area (Å²) in [5.41, 5.74) is 0. The third-order valence-electron chi connectivity index (χ3n) is 3.50. The Hall–Kier alpha value is -2.70. The molecule has 2 aromatic rings. The third kappa shape index (κ3) is 4.15. The Morgan fingerprint density at radius 1 is 1.22 bits per heavy atom. The van der Waals surface area contributed by atoms with Gasteiger partial charge in [-0.05, 0) is 43.5 Å². The molecular weight excluding hydrogens is 299 g/mol. The molecule has 3 rings (SSSR count). The van der Waals surface area contributed by atoms with E-state index < -0.39 is 0 Å². The van der Waals surface area contributed by atoms with E-state index in [1.165, 1.54) is 24.3 Å². The maximum atomic E-state index is 12.9. The van der Waals surface area contributed by atoms with E-state index in [1.807, 2.05) is 0 Å². The number of nitrogens with one attached hydrogen (secondary N) is 2. The summed E-state index contributed by atoms with van der Waals surface area (Å²) < 4.78 is 18.4. The number of rotatable bonds is 4. The number of carbonyl (C=O) groups excluding carboxylic acids is 1. The van der Waals surface area contributed by atoms with Crippen LogP contribution in [0.3, 0.4) is 0 Å². The SMILES string of the molecule is O=C1NCCCCC1Nc1nccc(Oc2ccc(F)cc2)n1. The summed E-state index contributed by atoms with van der Waals surface area (Å²) >= 11 is 0. The van der Waals surface area contributed by atoms with Gasteiger partial charge in [0.1, 0.15) is 17.6 Å². The highest BCUT2D eigenvalue weighted by Gasteiger charge is 2.21. The first-order chi connectivity index (χ1) is 11.2. The second kappa shape index (κ2) is 7.04. The summed E-state index contributed by atoms with van der Waals surface area (Å²) in [5, 5.41) is 5.88. The van der Waals surface area contributed by atoms with Crippen LogP contribution in [0, 0.1) is 5.82 Å². The summed E-state index contributed by atoms with van der Waals surface area (Å²) in [4.78, 5) is 20.3. The van der Waals surface area contributed by atoms with Gasteiger partial charge in [-0.3, -0.25) is 4.79 Å². The molecule has 23 heavy (non-hydrogen) atoms. The Balaban J connectivity index is 1.69. The Labute approximate surface area is 133 Å². The fourth-order valence-electron chi connectivity index (χ4n) is 2.32. The molecule has 1 unspecified atom stereocenters. The minimum Gasteiger partial charge on any atom is -0.439 e. The van der Waals surface area contributed by atoms with Crippen LogP contribution in [-0.2, 0) is 4.79 Å². The van der Waals surface area contributed by atoms with Crippen LogP contribution in [0.1, 0.15) is 19.3 Å². The van der Waals surface area contributed by atoms with E-state index in [9.17, 15) is 9.18 Å². The van der Waals surface area contributed by atoms with Crippen LogP contribution in [-0.4, -0.2) is 28.5 Å². The number of carbonyl (C=O) groups is 1. The maximum absolute atomic E-state index is 12.9. The van der Waals surface area contributed by atoms with Gasteiger partial charge in [0.15, 0.2) is 0 Å². The summed E-state index contributed by atoms with van der Waals surface area (Å²) in [6, 6.07) is 6.91. The second-order valence-electron chi connectivity index (χ2n) is 5.26. The molecule has 120 valence electrons. The third-order valence-corrected chi connectivity index (χ3v) is 3.50. The van der Waals surface area contributed by atoms with E-state index >= 15 is 0 Å². The minimum absolute atomic E-state index is 0.0454. The van der Waals surface area contributed by atoms with E-state index in [0.29, 0.717) is 24.1 Å². The number of aromatic nitrogens is 2. The van der Waals surface area contributed by atoms with E-state index in [0.717, 1.165) is 19.3 Å². The summed E-state index contributed by atoms with van der Waals surface area (Å²) in [6.07, 6.45) is 4.21. The van der Waals surface area contributed by atoms with Crippen LogP contribution >= 0.6 is 0 Å². The van der Waals surface area contributed by atoms with Crippen molar-refractivity contribution >= 4 is 11.9 Å². The lowest BCUT2D eigenvalue weighted by Gasteiger charge is -2.15. The van der Waals surface area contributed by atoms with Crippen molar-refractivity contribution in [2.24, 2.45) is 0 Å². The molecule has 1 amide bonds. The number of anilines is 1. The molecule has 1 aliphatic rings. The van der Waals surface area contributed by atoms with Gasteiger partial charge in [0.2, 0.25) is 17.7 Å². The van der Waals surface area contributed by atoms with Gasteiger partial charge in [-0.25, -0.2) is 9.37 Å². The van der Waals surface area contributed by atoms with Crippen molar-refractivity contribution < 1.29 is 13.9 Å². The average molecular weight is 316 g/mol. The molecule has 1 atom stereocenters. The smallest absolute Gasteiger partial charge is 0.242 e. The lowest BCUT2D eigenvalue weighted by molar-refractivity contribution is -0.121. The van der Waals surface area contributed by atoms with Crippen molar-refractivity contribution in [2.45, 2.75) is 25.3 Å². The molecule has 2 heterocycles. The van der Waals surface area contributed by atoms with Crippen LogP contribution in [0.5, 0.6) is 11.6 Å². The van der Waals surface area contributed by atoms with Crippen LogP contribution in [0.2, 0.25) is 0 Å². The highest BCUT2D eigenvalue weighted by molar-refractivity contribution is 5.84. The van der Waals surface area contributed by atoms with E-state index in [2.05, 4.69) is 20.6 Å². The van der Waals surface area contributed by atoms with Crippen LogP contribution in [0.15, 0.2) is 36.5 Å². The standard InChI is InChI=1S/C16H17FN4O2/c17-11-4-6-12(7-5-11)23-14-8-10-19-16(21-14)20-13-3-1-2-9-18-15(13)22/h4-8,10,13H,1-3,9H2,(H,18,22)(H,19,20,21). The summed E-state index contributed by atoms with van der Waals surface area (Å²) in [5.74, 6) is 0.746. The van der Waals surface area contributed by atoms with Crippen LogP contribution in [0.25, 0.3) is 0 Å². The molecule has 1 saturated heterocycles. The monoisotopic (exact) mass is 316 g/mol. The van der Waals surface area contributed by atoms with Gasteiger partial charge in [-0.15, -0.1) is 0 Å². The molecule has 6 nitrogen and oxygen atoms in total. The van der Waals surface area contributed by atoms with Gasteiger partial charge >= 0.3 is 0 Å². The number of amides is 1. The molecule has 2 N–H and O–H groups in total. The van der Waals surface area contributed by atoms with Gasteiger partial charge in [-0.2, -0.15) is 4.98 Å². The molecule has 1 aliphatic heterocycles. The minimum atomic E-state index is -0.349. The van der Waals surface area contributed by atoms with Crippen LogP contribution < -0.4 is 15.4 Å². The summed E-state index contributed by atoms with van der Waals surface area (Å²) in [6.45, 7) is 0.700. The Bertz CT molecular complexity index is 678. The molecule has 0 radical (unpaired) electrons. The number of hydrogen-bond acceptors (Lipinski definition) is 5. The largest absolute Gasteiger partial charge is 0.439 e. The van der Waals surface area contributed by atoms with Crippen molar-refractivity contribution in [2.75, 3.05) is 11.9 Å². The highest BCUT2D eigenvalue weighted by Crippen LogP contribution is 2.20. The first-order valence-electron chi connectivity index (χ1n) is 7.51. The quantitative estimate of drug-likeness (QED) is 0.906. The van der Waals surface area contributed by atoms with E-state index in [-0.39, 0.29) is 17.8 Å². The molecule has 1 fully saturated rings. The number of benzene rings is 1. The molecule has 0 spiro atoms. The van der Waals surface area contributed by atoms with Gasteiger partial charge in [0.25, 0.3) is 0 Å². The first-order valence-corrected chi connectivity index (χ1v) is 7.51. The Kier molecular flexibility index (Phi) is 4.65. The number of ether oxygens (including phenoxy) is 1. The molecule has 0 saturated carbocycles. The number of nitrogens with zero attached hydrogens (tertiary/aromatic N) is 2. The zero-order valence-electron chi connectivity index (χ0n) is 12.5. The maximum Gasteiger partial charge on any atom is 0.242 e. The second-order valence-corrected chi connectivity index (χ2v) is 5.26. The fraction of sp³-hybridized carbons (Fsp3) is 0.312. The Morgan fingerprint density at radius 3 is 2.87 bits per heavy atom. The fourth-order valence-corrected chi connectivity index (χ4v) is 2.32. The van der Waals surface area contributed by atoms with Crippen molar-refractivity contribution in [3.05, 3.63) is 42.3 Å². The molecule has 7 heteroatoms.